The van der Waals surface area contributed by atoms with Gasteiger partial charge in [0.2, 0.25) is 0 Å². The van der Waals surface area contributed by atoms with Gasteiger partial charge in [-0.2, -0.15) is 0 Å². The zero-order chi connectivity index (χ0) is 22.7. The Morgan fingerprint density at radius 3 is 2.41 bits per heavy atom. The number of rotatable bonds is 7. The molecule has 0 saturated heterocycles. The highest BCUT2D eigenvalue weighted by Gasteiger charge is 2.15. The van der Waals surface area contributed by atoms with Crippen LogP contribution in [-0.4, -0.2) is 31.3 Å². The minimum Gasteiger partial charge on any atom is -0.489 e. The molecule has 2 aromatic heterocycles. The van der Waals surface area contributed by atoms with Crippen LogP contribution in [0.25, 0.3) is 11.2 Å². The summed E-state index contributed by atoms with van der Waals surface area (Å²) >= 11 is 0. The molecule has 0 saturated carbocycles. The molecule has 0 radical (unpaired) electrons. The summed E-state index contributed by atoms with van der Waals surface area (Å²) in [6.45, 7) is 0.713. The normalized spacial score (nSPS) is 10.9. The van der Waals surface area contributed by atoms with Crippen molar-refractivity contribution in [2.75, 3.05) is 6.61 Å². The van der Waals surface area contributed by atoms with E-state index < -0.39 is 17.2 Å². The lowest BCUT2D eigenvalue weighted by Gasteiger charge is -2.09. The van der Waals surface area contributed by atoms with Crippen LogP contribution in [0.4, 0.5) is 0 Å². The molecule has 0 aliphatic heterocycles. The van der Waals surface area contributed by atoms with Gasteiger partial charge in [-0.3, -0.25) is 13.9 Å². The molecule has 9 heteroatoms. The fraction of sp³-hybridized carbons (Fsp3) is 0.217. The molecule has 0 atom stereocenters. The first-order valence-electron chi connectivity index (χ1n) is 10.0. The molecule has 2 heterocycles. The molecule has 164 valence electrons. The summed E-state index contributed by atoms with van der Waals surface area (Å²) in [5, 5.41) is 0. The number of ether oxygens (including phenoxy) is 2. The largest absolute Gasteiger partial charge is 0.489 e. The lowest BCUT2D eigenvalue weighted by atomic mass is 10.2. The van der Waals surface area contributed by atoms with Crippen molar-refractivity contribution in [3.63, 3.8) is 0 Å². The monoisotopic (exact) mass is 434 g/mol. The van der Waals surface area contributed by atoms with Crippen molar-refractivity contribution in [1.29, 1.82) is 0 Å². The number of aryl methyl sites for hydroxylation is 1. The van der Waals surface area contributed by atoms with Gasteiger partial charge in [0.1, 0.15) is 19.0 Å². The summed E-state index contributed by atoms with van der Waals surface area (Å²) in [6, 6.07) is 16.5. The van der Waals surface area contributed by atoms with Crippen LogP contribution in [0.1, 0.15) is 15.9 Å². The fourth-order valence-electron chi connectivity index (χ4n) is 3.31. The molecular formula is C23H22N4O5. The molecule has 32 heavy (non-hydrogen) atoms. The Labute approximate surface area is 183 Å². The van der Waals surface area contributed by atoms with Crippen LogP contribution < -0.4 is 16.0 Å². The second kappa shape index (κ2) is 8.93. The van der Waals surface area contributed by atoms with Crippen LogP contribution in [0, 0.1) is 0 Å². The first kappa shape index (κ1) is 21.1. The third-order valence-electron chi connectivity index (χ3n) is 5.12. The number of carbonyl (C=O) groups excluding carboxylic acids is 1. The highest BCUT2D eigenvalue weighted by molar-refractivity contribution is 5.89. The van der Waals surface area contributed by atoms with E-state index in [0.717, 1.165) is 10.1 Å². The van der Waals surface area contributed by atoms with Gasteiger partial charge in [-0.15, -0.1) is 0 Å². The number of hydrogen-bond acceptors (Lipinski definition) is 6. The van der Waals surface area contributed by atoms with Gasteiger partial charge in [-0.25, -0.2) is 14.6 Å². The first-order chi connectivity index (χ1) is 15.5. The van der Waals surface area contributed by atoms with E-state index >= 15 is 0 Å². The molecule has 0 fully saturated rings. The van der Waals surface area contributed by atoms with Gasteiger partial charge in [-0.05, 0) is 29.8 Å². The summed E-state index contributed by atoms with van der Waals surface area (Å²) in [5.41, 5.74) is 1.12. The summed E-state index contributed by atoms with van der Waals surface area (Å²) in [7, 11) is 2.96. The summed E-state index contributed by atoms with van der Waals surface area (Å²) in [4.78, 5) is 40.9. The van der Waals surface area contributed by atoms with Crippen LogP contribution in [0.15, 0.2) is 70.5 Å². The average molecular weight is 434 g/mol. The summed E-state index contributed by atoms with van der Waals surface area (Å²) in [5.74, 6) is 0.168. The molecule has 2 aromatic carbocycles. The molecule has 0 aliphatic rings. The van der Waals surface area contributed by atoms with E-state index in [0.29, 0.717) is 17.9 Å². The van der Waals surface area contributed by atoms with Gasteiger partial charge in [0, 0.05) is 14.1 Å². The molecule has 0 amide bonds. The van der Waals surface area contributed by atoms with Crippen molar-refractivity contribution in [2.45, 2.75) is 13.2 Å². The van der Waals surface area contributed by atoms with Crippen molar-refractivity contribution in [3.05, 3.63) is 92.9 Å². The van der Waals surface area contributed by atoms with Crippen LogP contribution in [-0.2, 0) is 32.0 Å². The van der Waals surface area contributed by atoms with Gasteiger partial charge in [0.15, 0.2) is 11.2 Å². The lowest BCUT2D eigenvalue weighted by molar-refractivity contribution is 0.0492. The number of imidazole rings is 1. The van der Waals surface area contributed by atoms with Crippen molar-refractivity contribution in [1.82, 2.24) is 18.7 Å². The number of hydrogen-bond donors (Lipinski definition) is 0. The van der Waals surface area contributed by atoms with E-state index in [4.69, 9.17) is 9.47 Å². The van der Waals surface area contributed by atoms with Crippen LogP contribution in [0.3, 0.4) is 0 Å². The van der Waals surface area contributed by atoms with E-state index in [1.807, 2.05) is 30.3 Å². The number of nitrogens with zero attached hydrogens (tertiary/aromatic N) is 4. The third kappa shape index (κ3) is 4.18. The molecule has 4 aromatic rings. The Kier molecular flexibility index (Phi) is 5.89. The highest BCUT2D eigenvalue weighted by atomic mass is 16.5. The van der Waals surface area contributed by atoms with Crippen LogP contribution in [0.5, 0.6) is 5.75 Å². The molecule has 9 nitrogen and oxygen atoms in total. The van der Waals surface area contributed by atoms with E-state index in [1.54, 1.807) is 35.9 Å². The predicted octanol–water partition coefficient (Wildman–Crippen LogP) is 1.87. The molecule has 4 rings (SSSR count). The van der Waals surface area contributed by atoms with Crippen LogP contribution >= 0.6 is 0 Å². The smallest absolute Gasteiger partial charge is 0.338 e. The maximum absolute atomic E-state index is 12.4. The van der Waals surface area contributed by atoms with Crippen LogP contribution in [0.2, 0.25) is 0 Å². The van der Waals surface area contributed by atoms with E-state index in [9.17, 15) is 14.4 Å². The van der Waals surface area contributed by atoms with Crippen molar-refractivity contribution in [3.8, 4) is 5.75 Å². The van der Waals surface area contributed by atoms with E-state index in [1.165, 1.54) is 17.9 Å². The SMILES string of the molecule is Cn1c(=O)c2c(ncn2CCOC(=O)c2ccc(OCc3ccccc3)cc2)n(C)c1=O. The molecular weight excluding hydrogens is 412 g/mol. The summed E-state index contributed by atoms with van der Waals surface area (Å²) in [6.07, 6.45) is 1.46. The van der Waals surface area contributed by atoms with E-state index in [-0.39, 0.29) is 24.3 Å². The van der Waals surface area contributed by atoms with Gasteiger partial charge in [-0.1, -0.05) is 30.3 Å². The third-order valence-corrected chi connectivity index (χ3v) is 5.12. The molecule has 0 N–H and O–H groups in total. The van der Waals surface area contributed by atoms with Gasteiger partial charge in [0.25, 0.3) is 5.56 Å². The second-order valence-corrected chi connectivity index (χ2v) is 7.25. The lowest BCUT2D eigenvalue weighted by Crippen LogP contribution is -2.37. The van der Waals surface area contributed by atoms with Crippen molar-refractivity contribution >= 4 is 17.1 Å². The van der Waals surface area contributed by atoms with E-state index in [2.05, 4.69) is 4.98 Å². The standard InChI is InChI=1S/C23H22N4O5/c1-25-20-19(21(28)26(2)23(25)30)27(15-24-20)12-13-31-22(29)17-8-10-18(11-9-17)32-14-16-6-4-3-5-7-16/h3-11,15H,12-14H2,1-2H3. The maximum Gasteiger partial charge on any atom is 0.338 e. The number of esters is 1. The average Bonchev–Trinajstić information content (AvgIpc) is 3.25. The molecule has 0 unspecified atom stereocenters. The molecule has 0 spiro atoms. The quantitative estimate of drug-likeness (QED) is 0.412. The Hall–Kier alpha value is -4.14. The van der Waals surface area contributed by atoms with Gasteiger partial charge >= 0.3 is 11.7 Å². The van der Waals surface area contributed by atoms with Gasteiger partial charge in [0.05, 0.1) is 18.4 Å². The number of fused-ring (bicyclic) bond motifs is 1. The minimum atomic E-state index is -0.482. The number of carbonyl (C=O) groups is 1. The Bertz CT molecular complexity index is 1370. The first-order valence-corrected chi connectivity index (χ1v) is 10.0. The second-order valence-electron chi connectivity index (χ2n) is 7.25. The topological polar surface area (TPSA) is 97.3 Å². The summed E-state index contributed by atoms with van der Waals surface area (Å²) < 4.78 is 15.0. The highest BCUT2D eigenvalue weighted by Crippen LogP contribution is 2.15. The molecule has 0 aliphatic carbocycles. The Morgan fingerprint density at radius 1 is 0.969 bits per heavy atom. The maximum atomic E-state index is 12.4. The van der Waals surface area contributed by atoms with Crippen molar-refractivity contribution in [2.24, 2.45) is 14.1 Å². The van der Waals surface area contributed by atoms with Crippen molar-refractivity contribution < 1.29 is 14.3 Å². The number of aromatic nitrogens is 4. The predicted molar refractivity (Wildman–Crippen MR) is 118 cm³/mol. The Morgan fingerprint density at radius 2 is 1.69 bits per heavy atom. The fourth-order valence-corrected chi connectivity index (χ4v) is 3.31. The zero-order valence-corrected chi connectivity index (χ0v) is 17.7. The minimum absolute atomic E-state index is 0.0442. The molecule has 0 bridgehead atoms. The number of benzene rings is 2. The zero-order valence-electron chi connectivity index (χ0n) is 17.7. The van der Waals surface area contributed by atoms with Gasteiger partial charge < -0.3 is 14.0 Å². The Balaban J connectivity index is 1.36.